The minimum absolute atomic E-state index is 0.0623. The smallest absolute Gasteiger partial charge is 0.245 e. The molecule has 1 aliphatic heterocycles. The van der Waals surface area contributed by atoms with E-state index in [0.717, 1.165) is 24.6 Å². The molecule has 2 aromatic heterocycles. The summed E-state index contributed by atoms with van der Waals surface area (Å²) in [5.74, 6) is 0.810. The average Bonchev–Trinajstić information content (AvgIpc) is 3.16. The molecule has 1 fully saturated rings. The van der Waals surface area contributed by atoms with Crippen molar-refractivity contribution in [2.45, 2.75) is 25.9 Å². The van der Waals surface area contributed by atoms with Crippen LogP contribution in [-0.2, 0) is 16.1 Å². The topological polar surface area (TPSA) is 85.2 Å². The van der Waals surface area contributed by atoms with Gasteiger partial charge in [-0.1, -0.05) is 6.92 Å². The SMILES string of the molecule is CC[C@H](C(=O)NCc1cc(N2CCOCC2)ncn1)n1cccn1. The predicted octanol–water partition coefficient (Wildman–Crippen LogP) is 0.777. The Hall–Kier alpha value is -2.48. The summed E-state index contributed by atoms with van der Waals surface area (Å²) < 4.78 is 7.03. The molecule has 0 unspecified atom stereocenters. The number of morpholine rings is 1. The van der Waals surface area contributed by atoms with Crippen LogP contribution < -0.4 is 10.2 Å². The van der Waals surface area contributed by atoms with Crippen LogP contribution in [0.3, 0.4) is 0 Å². The quantitative estimate of drug-likeness (QED) is 0.842. The van der Waals surface area contributed by atoms with Crippen molar-refractivity contribution in [1.29, 1.82) is 0 Å². The Morgan fingerprint density at radius 2 is 2.21 bits per heavy atom. The highest BCUT2D eigenvalue weighted by Crippen LogP contribution is 2.13. The molecule has 1 aliphatic rings. The van der Waals surface area contributed by atoms with Gasteiger partial charge in [-0.15, -0.1) is 0 Å². The lowest BCUT2D eigenvalue weighted by Crippen LogP contribution is -2.37. The number of hydrogen-bond donors (Lipinski definition) is 1. The van der Waals surface area contributed by atoms with Crippen molar-refractivity contribution < 1.29 is 9.53 Å². The van der Waals surface area contributed by atoms with Crippen molar-refractivity contribution in [3.05, 3.63) is 36.5 Å². The van der Waals surface area contributed by atoms with Crippen molar-refractivity contribution in [2.24, 2.45) is 0 Å². The first-order valence-corrected chi connectivity index (χ1v) is 8.18. The van der Waals surface area contributed by atoms with Crippen molar-refractivity contribution in [3.63, 3.8) is 0 Å². The summed E-state index contributed by atoms with van der Waals surface area (Å²) in [5.41, 5.74) is 0.787. The van der Waals surface area contributed by atoms with E-state index in [1.54, 1.807) is 17.1 Å². The predicted molar refractivity (Wildman–Crippen MR) is 88.5 cm³/mol. The van der Waals surface area contributed by atoms with Gasteiger partial charge < -0.3 is 15.0 Å². The first-order chi connectivity index (χ1) is 11.8. The summed E-state index contributed by atoms with van der Waals surface area (Å²) >= 11 is 0. The van der Waals surface area contributed by atoms with Crippen molar-refractivity contribution in [1.82, 2.24) is 25.1 Å². The Bertz CT molecular complexity index is 654. The third-order valence-electron chi connectivity index (χ3n) is 4.02. The zero-order valence-electron chi connectivity index (χ0n) is 13.8. The summed E-state index contributed by atoms with van der Waals surface area (Å²) in [7, 11) is 0. The molecular formula is C16H22N6O2. The number of hydrogen-bond acceptors (Lipinski definition) is 6. The molecule has 2 aromatic rings. The molecule has 3 heterocycles. The third kappa shape index (κ3) is 3.88. The van der Waals surface area contributed by atoms with Crippen LogP contribution in [-0.4, -0.2) is 52.0 Å². The molecule has 0 aromatic carbocycles. The molecule has 0 aliphatic carbocycles. The standard InChI is InChI=1S/C16H22N6O2/c1-2-14(22-5-3-4-20-22)16(23)17-11-13-10-15(19-12-18-13)21-6-8-24-9-7-21/h3-5,10,12,14H,2,6-9,11H2,1H3,(H,17,23)/t14-/m1/s1. The van der Waals surface area contributed by atoms with E-state index in [0.29, 0.717) is 26.2 Å². The van der Waals surface area contributed by atoms with E-state index in [1.165, 1.54) is 6.33 Å². The zero-order chi connectivity index (χ0) is 16.8. The van der Waals surface area contributed by atoms with Crippen LogP contribution in [0.1, 0.15) is 25.1 Å². The van der Waals surface area contributed by atoms with Gasteiger partial charge in [0, 0.05) is 31.5 Å². The number of nitrogens with one attached hydrogen (secondary N) is 1. The second-order valence-corrected chi connectivity index (χ2v) is 5.59. The molecule has 1 atom stereocenters. The molecule has 24 heavy (non-hydrogen) atoms. The summed E-state index contributed by atoms with van der Waals surface area (Å²) in [6, 6.07) is 3.43. The van der Waals surface area contributed by atoms with Crippen LogP contribution in [0.25, 0.3) is 0 Å². The second kappa shape index (κ2) is 7.87. The maximum atomic E-state index is 12.4. The Morgan fingerprint density at radius 3 is 2.92 bits per heavy atom. The van der Waals surface area contributed by atoms with Gasteiger partial charge in [-0.25, -0.2) is 9.97 Å². The molecule has 128 valence electrons. The lowest BCUT2D eigenvalue weighted by molar-refractivity contribution is -0.124. The molecule has 0 saturated carbocycles. The van der Waals surface area contributed by atoms with E-state index < -0.39 is 0 Å². The van der Waals surface area contributed by atoms with E-state index in [-0.39, 0.29) is 11.9 Å². The summed E-state index contributed by atoms with van der Waals surface area (Å²) in [6.45, 7) is 5.39. The number of carbonyl (C=O) groups is 1. The lowest BCUT2D eigenvalue weighted by atomic mass is 10.2. The monoisotopic (exact) mass is 330 g/mol. The van der Waals surface area contributed by atoms with Crippen LogP contribution in [0.15, 0.2) is 30.9 Å². The maximum absolute atomic E-state index is 12.4. The zero-order valence-corrected chi connectivity index (χ0v) is 13.8. The van der Waals surface area contributed by atoms with Crippen molar-refractivity contribution in [2.75, 3.05) is 31.2 Å². The fourth-order valence-electron chi connectivity index (χ4n) is 2.70. The normalized spacial score (nSPS) is 16.0. The maximum Gasteiger partial charge on any atom is 0.245 e. The molecule has 8 heteroatoms. The van der Waals surface area contributed by atoms with Gasteiger partial charge in [-0.2, -0.15) is 5.10 Å². The molecule has 1 amide bonds. The van der Waals surface area contributed by atoms with Crippen LogP contribution in [0.5, 0.6) is 0 Å². The number of anilines is 1. The first-order valence-electron chi connectivity index (χ1n) is 8.18. The lowest BCUT2D eigenvalue weighted by Gasteiger charge is -2.27. The molecule has 0 radical (unpaired) electrons. The van der Waals surface area contributed by atoms with Gasteiger partial charge in [-0.05, 0) is 12.5 Å². The highest BCUT2D eigenvalue weighted by molar-refractivity contribution is 5.80. The molecule has 3 rings (SSSR count). The minimum atomic E-state index is -0.305. The van der Waals surface area contributed by atoms with E-state index in [2.05, 4.69) is 25.3 Å². The fourth-order valence-corrected chi connectivity index (χ4v) is 2.70. The number of rotatable bonds is 6. The van der Waals surface area contributed by atoms with Crippen LogP contribution in [0.4, 0.5) is 5.82 Å². The van der Waals surface area contributed by atoms with Gasteiger partial charge in [-0.3, -0.25) is 9.48 Å². The van der Waals surface area contributed by atoms with Gasteiger partial charge in [0.15, 0.2) is 0 Å². The summed E-state index contributed by atoms with van der Waals surface area (Å²) in [5, 5.41) is 7.09. The highest BCUT2D eigenvalue weighted by atomic mass is 16.5. The van der Waals surface area contributed by atoms with Gasteiger partial charge in [0.25, 0.3) is 0 Å². The molecule has 0 bridgehead atoms. The third-order valence-corrected chi connectivity index (χ3v) is 4.02. The van der Waals surface area contributed by atoms with E-state index >= 15 is 0 Å². The number of amides is 1. The average molecular weight is 330 g/mol. The fraction of sp³-hybridized carbons (Fsp3) is 0.500. The number of carbonyl (C=O) groups excluding carboxylic acids is 1. The largest absolute Gasteiger partial charge is 0.378 e. The molecule has 8 nitrogen and oxygen atoms in total. The highest BCUT2D eigenvalue weighted by Gasteiger charge is 2.19. The van der Waals surface area contributed by atoms with Crippen molar-refractivity contribution >= 4 is 11.7 Å². The molecule has 1 N–H and O–H groups in total. The number of ether oxygens (including phenoxy) is 1. The van der Waals surface area contributed by atoms with Gasteiger partial charge in [0.2, 0.25) is 5.91 Å². The van der Waals surface area contributed by atoms with Crippen LogP contribution in [0, 0.1) is 0 Å². The van der Waals surface area contributed by atoms with Gasteiger partial charge in [0.05, 0.1) is 25.5 Å². The Morgan fingerprint density at radius 1 is 1.38 bits per heavy atom. The van der Waals surface area contributed by atoms with Gasteiger partial charge in [0.1, 0.15) is 18.2 Å². The molecular weight excluding hydrogens is 308 g/mol. The number of nitrogens with zero attached hydrogens (tertiary/aromatic N) is 5. The summed E-state index contributed by atoms with van der Waals surface area (Å²) in [4.78, 5) is 23.1. The Balaban J connectivity index is 1.60. The van der Waals surface area contributed by atoms with E-state index in [4.69, 9.17) is 4.74 Å². The second-order valence-electron chi connectivity index (χ2n) is 5.59. The van der Waals surface area contributed by atoms with Crippen LogP contribution >= 0.6 is 0 Å². The minimum Gasteiger partial charge on any atom is -0.378 e. The Kier molecular flexibility index (Phi) is 5.37. The van der Waals surface area contributed by atoms with Gasteiger partial charge >= 0.3 is 0 Å². The van der Waals surface area contributed by atoms with E-state index in [1.807, 2.05) is 19.1 Å². The van der Waals surface area contributed by atoms with Crippen LogP contribution in [0.2, 0.25) is 0 Å². The molecule has 1 saturated heterocycles. The summed E-state index contributed by atoms with van der Waals surface area (Å²) in [6.07, 6.45) is 5.69. The Labute approximate surface area is 140 Å². The molecule has 0 spiro atoms. The number of aromatic nitrogens is 4. The first kappa shape index (κ1) is 16.4. The van der Waals surface area contributed by atoms with E-state index in [9.17, 15) is 4.79 Å². The van der Waals surface area contributed by atoms with Crippen molar-refractivity contribution in [3.8, 4) is 0 Å².